The molecule has 0 aliphatic heterocycles. The molecular weight excluding hydrogens is 194 g/mol. The third kappa shape index (κ3) is 5.59. The molecule has 78 valence electrons. The molecule has 0 aliphatic carbocycles. The largest absolute Gasteiger partial charge is 0.350 e. The van der Waals surface area contributed by atoms with Crippen molar-refractivity contribution in [1.29, 1.82) is 0 Å². The van der Waals surface area contributed by atoms with Gasteiger partial charge >= 0.3 is 0 Å². The quantitative estimate of drug-likeness (QED) is 0.655. The summed E-state index contributed by atoms with van der Waals surface area (Å²) in [6.07, 6.45) is 0. The van der Waals surface area contributed by atoms with Crippen LogP contribution >= 0.6 is 0 Å². The smallest absolute Gasteiger partial charge is 0.269 e. The predicted octanol–water partition coefficient (Wildman–Crippen LogP) is -0.123. The Labute approximate surface area is 78.6 Å². The van der Waals surface area contributed by atoms with Crippen molar-refractivity contribution in [2.75, 3.05) is 12.9 Å². The highest BCUT2D eigenvalue weighted by Crippen LogP contribution is 2.07. The Bertz CT molecular complexity index is 281. The van der Waals surface area contributed by atoms with E-state index in [0.717, 1.165) is 7.11 Å². The maximum absolute atomic E-state index is 11.0. The van der Waals surface area contributed by atoms with E-state index < -0.39 is 15.7 Å². The summed E-state index contributed by atoms with van der Waals surface area (Å²) in [5, 5.41) is 2.51. The van der Waals surface area contributed by atoms with Crippen LogP contribution in [0.25, 0.3) is 0 Å². The first-order valence-electron chi connectivity index (χ1n) is 3.75. The zero-order chi connectivity index (χ0) is 10.7. The molecule has 0 aromatic heterocycles. The van der Waals surface area contributed by atoms with Gasteiger partial charge in [0.25, 0.3) is 10.1 Å². The van der Waals surface area contributed by atoms with E-state index >= 15 is 0 Å². The molecule has 0 aliphatic rings. The van der Waals surface area contributed by atoms with Gasteiger partial charge in [-0.3, -0.25) is 8.98 Å². The number of hydrogen-bond acceptors (Lipinski definition) is 4. The van der Waals surface area contributed by atoms with Gasteiger partial charge in [-0.1, -0.05) is 0 Å². The second kappa shape index (κ2) is 4.06. The van der Waals surface area contributed by atoms with Crippen LogP contribution in [-0.4, -0.2) is 32.7 Å². The summed E-state index contributed by atoms with van der Waals surface area (Å²) in [6, 6.07) is 0. The highest BCUT2D eigenvalue weighted by atomic mass is 32.2. The zero-order valence-corrected chi connectivity index (χ0v) is 9.06. The maximum atomic E-state index is 11.0. The first-order valence-corrected chi connectivity index (χ1v) is 5.33. The molecule has 13 heavy (non-hydrogen) atoms. The molecule has 0 atom stereocenters. The summed E-state index contributed by atoms with van der Waals surface area (Å²) < 4.78 is 26.3. The van der Waals surface area contributed by atoms with Gasteiger partial charge < -0.3 is 5.32 Å². The fourth-order valence-electron chi connectivity index (χ4n) is 1.01. The van der Waals surface area contributed by atoms with E-state index in [0.29, 0.717) is 0 Å². The van der Waals surface area contributed by atoms with E-state index in [2.05, 4.69) is 9.50 Å². The maximum Gasteiger partial charge on any atom is 0.269 e. The molecule has 0 rings (SSSR count). The number of rotatable bonds is 4. The summed E-state index contributed by atoms with van der Waals surface area (Å²) >= 11 is 0. The Balaban J connectivity index is 4.42. The van der Waals surface area contributed by atoms with Crippen molar-refractivity contribution in [2.24, 2.45) is 0 Å². The van der Waals surface area contributed by atoms with Gasteiger partial charge in [0.2, 0.25) is 5.91 Å². The van der Waals surface area contributed by atoms with Crippen LogP contribution in [0.4, 0.5) is 0 Å². The average Bonchev–Trinajstić information content (AvgIpc) is 1.81. The van der Waals surface area contributed by atoms with Crippen LogP contribution in [0.1, 0.15) is 20.8 Å². The van der Waals surface area contributed by atoms with Crippen molar-refractivity contribution in [1.82, 2.24) is 5.32 Å². The minimum Gasteiger partial charge on any atom is -0.350 e. The van der Waals surface area contributed by atoms with Gasteiger partial charge in [-0.05, 0) is 13.8 Å². The molecule has 0 saturated carbocycles. The van der Waals surface area contributed by atoms with Crippen LogP contribution in [0.5, 0.6) is 0 Å². The van der Waals surface area contributed by atoms with Crippen molar-refractivity contribution in [2.45, 2.75) is 26.3 Å². The van der Waals surface area contributed by atoms with Crippen LogP contribution in [0, 0.1) is 0 Å². The lowest BCUT2D eigenvalue weighted by molar-refractivity contribution is -0.120. The van der Waals surface area contributed by atoms with Crippen LogP contribution in [0.15, 0.2) is 0 Å². The van der Waals surface area contributed by atoms with Crippen LogP contribution in [-0.2, 0) is 19.1 Å². The Kier molecular flexibility index (Phi) is 3.87. The van der Waals surface area contributed by atoms with Crippen molar-refractivity contribution >= 4 is 16.0 Å². The summed E-state index contributed by atoms with van der Waals surface area (Å²) in [5.74, 6) is -0.507. The molecule has 1 N–H and O–H groups in total. The summed E-state index contributed by atoms with van der Waals surface area (Å²) in [7, 11) is -2.44. The van der Waals surface area contributed by atoms with E-state index in [9.17, 15) is 13.2 Å². The van der Waals surface area contributed by atoms with E-state index in [1.165, 1.54) is 6.92 Å². The first-order chi connectivity index (χ1) is 5.68. The van der Waals surface area contributed by atoms with Gasteiger partial charge in [0.05, 0.1) is 18.4 Å². The van der Waals surface area contributed by atoms with Crippen LogP contribution in [0.3, 0.4) is 0 Å². The minimum atomic E-state index is -3.54. The zero-order valence-electron chi connectivity index (χ0n) is 8.25. The molecule has 0 bridgehead atoms. The molecule has 6 heteroatoms. The van der Waals surface area contributed by atoms with E-state index in [-0.39, 0.29) is 11.7 Å². The third-order valence-electron chi connectivity index (χ3n) is 1.31. The van der Waals surface area contributed by atoms with Crippen molar-refractivity contribution in [3.8, 4) is 0 Å². The van der Waals surface area contributed by atoms with Crippen molar-refractivity contribution < 1.29 is 17.4 Å². The molecule has 0 radical (unpaired) electrons. The van der Waals surface area contributed by atoms with Gasteiger partial charge in [-0.2, -0.15) is 8.42 Å². The van der Waals surface area contributed by atoms with Gasteiger partial charge in [-0.15, -0.1) is 0 Å². The number of nitrogens with one attached hydrogen (secondary N) is 1. The summed E-state index contributed by atoms with van der Waals surface area (Å²) in [6.45, 7) is 4.57. The SMILES string of the molecule is COS(=O)(=O)CC(C)(C)NC(C)=O. The standard InChI is InChI=1S/C7H15NO4S/c1-6(9)8-7(2,3)5-13(10,11)12-4/h5H2,1-4H3,(H,8,9). The van der Waals surface area contributed by atoms with Crippen molar-refractivity contribution in [3.63, 3.8) is 0 Å². The molecule has 5 nitrogen and oxygen atoms in total. The molecule has 0 unspecified atom stereocenters. The Morgan fingerprint density at radius 2 is 1.92 bits per heavy atom. The second-order valence-corrected chi connectivity index (χ2v) is 5.17. The van der Waals surface area contributed by atoms with Gasteiger partial charge in [0.15, 0.2) is 0 Å². The fraction of sp³-hybridized carbons (Fsp3) is 0.857. The number of carbonyl (C=O) groups excluding carboxylic acids is 1. The van der Waals surface area contributed by atoms with E-state index in [1.807, 2.05) is 0 Å². The normalized spacial score (nSPS) is 12.6. The van der Waals surface area contributed by atoms with Gasteiger partial charge in [0, 0.05) is 6.92 Å². The molecule has 0 spiro atoms. The lowest BCUT2D eigenvalue weighted by Gasteiger charge is -2.24. The summed E-state index contributed by atoms with van der Waals surface area (Å²) in [5.41, 5.74) is -0.805. The molecule has 0 fully saturated rings. The highest BCUT2D eigenvalue weighted by Gasteiger charge is 2.26. The fourth-order valence-corrected chi connectivity index (χ4v) is 2.09. The number of carbonyl (C=O) groups is 1. The number of hydrogen-bond donors (Lipinski definition) is 1. The Morgan fingerprint density at radius 3 is 2.23 bits per heavy atom. The number of amides is 1. The Hall–Kier alpha value is -0.620. The summed E-state index contributed by atoms with van der Waals surface area (Å²) in [4.78, 5) is 10.7. The minimum absolute atomic E-state index is 0.240. The molecule has 1 amide bonds. The van der Waals surface area contributed by atoms with Gasteiger partial charge in [-0.25, -0.2) is 0 Å². The monoisotopic (exact) mass is 209 g/mol. The molecule has 0 aromatic carbocycles. The van der Waals surface area contributed by atoms with Crippen molar-refractivity contribution in [3.05, 3.63) is 0 Å². The molecule has 0 aromatic rings. The Morgan fingerprint density at radius 1 is 1.46 bits per heavy atom. The predicted molar refractivity (Wildman–Crippen MR) is 48.7 cm³/mol. The first kappa shape index (κ1) is 12.4. The highest BCUT2D eigenvalue weighted by molar-refractivity contribution is 7.86. The van der Waals surface area contributed by atoms with E-state index in [4.69, 9.17) is 0 Å². The molecular formula is C7H15NO4S. The lowest BCUT2D eigenvalue weighted by atomic mass is 10.1. The average molecular weight is 209 g/mol. The molecule has 0 saturated heterocycles. The lowest BCUT2D eigenvalue weighted by Crippen LogP contribution is -2.47. The molecule has 0 heterocycles. The van der Waals surface area contributed by atoms with Crippen LogP contribution in [0.2, 0.25) is 0 Å². The van der Waals surface area contributed by atoms with Gasteiger partial charge in [0.1, 0.15) is 0 Å². The second-order valence-electron chi connectivity index (χ2n) is 3.43. The topological polar surface area (TPSA) is 72.5 Å². The van der Waals surface area contributed by atoms with Crippen LogP contribution < -0.4 is 5.32 Å². The van der Waals surface area contributed by atoms with E-state index in [1.54, 1.807) is 13.8 Å². The third-order valence-corrected chi connectivity index (χ3v) is 2.89.